The van der Waals surface area contributed by atoms with Gasteiger partial charge in [0.05, 0.1) is 17.7 Å². The normalized spacial score (nSPS) is 15.0. The molecule has 0 bridgehead atoms. The predicted molar refractivity (Wildman–Crippen MR) is 127 cm³/mol. The molecule has 0 N–H and O–H groups in total. The van der Waals surface area contributed by atoms with Gasteiger partial charge in [0.15, 0.2) is 0 Å². The maximum absolute atomic E-state index is 13.2. The molecule has 7 heteroatoms. The van der Waals surface area contributed by atoms with Crippen LogP contribution >= 0.6 is 24.0 Å². The summed E-state index contributed by atoms with van der Waals surface area (Å²) >= 11 is 6.60. The first kappa shape index (κ1) is 21.1. The number of hydrogen-bond donors (Lipinski definition) is 0. The molecule has 1 aliphatic rings. The van der Waals surface area contributed by atoms with Crippen molar-refractivity contribution in [2.75, 3.05) is 11.4 Å². The average Bonchev–Trinajstić information content (AvgIpc) is 3.40. The fraction of sp³-hybridized carbons (Fsp3) is 0.125. The van der Waals surface area contributed by atoms with Gasteiger partial charge < -0.3 is 9.32 Å². The first-order chi connectivity index (χ1) is 15.1. The monoisotopic (exact) mass is 448 g/mol. The van der Waals surface area contributed by atoms with E-state index in [-0.39, 0.29) is 24.8 Å². The summed E-state index contributed by atoms with van der Waals surface area (Å²) in [6, 6.07) is 22.9. The fourth-order valence-corrected chi connectivity index (χ4v) is 4.52. The Labute approximate surface area is 190 Å². The van der Waals surface area contributed by atoms with Crippen LogP contribution in [0.2, 0.25) is 0 Å². The maximum atomic E-state index is 13.2. The number of nitrogens with zero attached hydrogens (tertiary/aromatic N) is 2. The highest BCUT2D eigenvalue weighted by atomic mass is 32.2. The molecule has 2 aromatic carbocycles. The molecule has 1 fully saturated rings. The third-order valence-corrected chi connectivity index (χ3v) is 6.17. The Morgan fingerprint density at radius 3 is 2.42 bits per heavy atom. The molecule has 0 aliphatic carbocycles. The van der Waals surface area contributed by atoms with Crippen LogP contribution in [0, 0.1) is 0 Å². The van der Waals surface area contributed by atoms with Crippen molar-refractivity contribution in [3.05, 3.63) is 95.3 Å². The number of thiocarbonyl (C=S) groups is 1. The van der Waals surface area contributed by atoms with Crippen LogP contribution in [0.15, 0.2) is 88.4 Å². The molecule has 1 aliphatic heterocycles. The summed E-state index contributed by atoms with van der Waals surface area (Å²) in [7, 11) is 0. The van der Waals surface area contributed by atoms with Gasteiger partial charge in [0.2, 0.25) is 5.91 Å². The average molecular weight is 449 g/mol. The Balaban J connectivity index is 1.46. The minimum Gasteiger partial charge on any atom is -0.465 e. The van der Waals surface area contributed by atoms with Crippen LogP contribution < -0.4 is 4.90 Å². The van der Waals surface area contributed by atoms with E-state index in [1.54, 1.807) is 29.4 Å². The van der Waals surface area contributed by atoms with E-state index in [0.717, 1.165) is 11.3 Å². The van der Waals surface area contributed by atoms with Crippen LogP contribution in [-0.2, 0) is 16.1 Å². The van der Waals surface area contributed by atoms with E-state index in [9.17, 15) is 9.59 Å². The van der Waals surface area contributed by atoms with Gasteiger partial charge in [0, 0.05) is 24.7 Å². The van der Waals surface area contributed by atoms with Crippen LogP contribution in [0.3, 0.4) is 0 Å². The third kappa shape index (κ3) is 5.13. The van der Waals surface area contributed by atoms with Gasteiger partial charge in [-0.05, 0) is 29.8 Å². The zero-order valence-corrected chi connectivity index (χ0v) is 18.3. The molecule has 2 heterocycles. The van der Waals surface area contributed by atoms with E-state index in [1.165, 1.54) is 16.7 Å². The third-order valence-electron chi connectivity index (χ3n) is 4.79. The molecular weight excluding hydrogens is 428 g/mol. The first-order valence-electron chi connectivity index (χ1n) is 9.80. The molecule has 0 atom stereocenters. The van der Waals surface area contributed by atoms with Crippen molar-refractivity contribution in [2.45, 2.75) is 13.0 Å². The van der Waals surface area contributed by atoms with E-state index in [4.69, 9.17) is 16.6 Å². The second kappa shape index (κ2) is 9.76. The molecule has 0 unspecified atom stereocenters. The highest BCUT2D eigenvalue weighted by Gasteiger charge is 2.32. The van der Waals surface area contributed by atoms with Gasteiger partial charge in [0.25, 0.3) is 5.91 Å². The highest BCUT2D eigenvalue weighted by Crippen LogP contribution is 2.32. The van der Waals surface area contributed by atoms with E-state index < -0.39 is 0 Å². The topological polar surface area (TPSA) is 53.8 Å². The van der Waals surface area contributed by atoms with Crippen molar-refractivity contribution in [2.24, 2.45) is 0 Å². The lowest BCUT2D eigenvalue weighted by Crippen LogP contribution is -2.36. The SMILES string of the molecule is O=C1C(=Cc2ccco2)SC(=S)N1CCC(=O)N(Cc1ccccc1)c1ccccc1. The van der Waals surface area contributed by atoms with Gasteiger partial charge in [-0.2, -0.15) is 0 Å². The van der Waals surface area contributed by atoms with Crippen LogP contribution in [0.4, 0.5) is 5.69 Å². The first-order valence-corrected chi connectivity index (χ1v) is 11.0. The van der Waals surface area contributed by atoms with Crippen LogP contribution in [0.25, 0.3) is 6.08 Å². The molecule has 1 aromatic heterocycles. The summed E-state index contributed by atoms with van der Waals surface area (Å²) in [5.41, 5.74) is 1.85. The summed E-state index contributed by atoms with van der Waals surface area (Å²) in [5.74, 6) is 0.322. The van der Waals surface area contributed by atoms with Gasteiger partial charge in [0.1, 0.15) is 10.1 Å². The number of para-hydroxylation sites is 1. The quantitative estimate of drug-likeness (QED) is 0.372. The van der Waals surface area contributed by atoms with Gasteiger partial charge in [-0.1, -0.05) is 72.5 Å². The Hall–Kier alpha value is -3.16. The predicted octanol–water partition coefficient (Wildman–Crippen LogP) is 5.10. The molecule has 0 radical (unpaired) electrons. The summed E-state index contributed by atoms with van der Waals surface area (Å²) in [5, 5.41) is 0. The van der Waals surface area contributed by atoms with Crippen LogP contribution in [0.1, 0.15) is 17.7 Å². The zero-order valence-electron chi connectivity index (χ0n) is 16.6. The van der Waals surface area contributed by atoms with Gasteiger partial charge in [-0.15, -0.1) is 0 Å². The Kier molecular flexibility index (Phi) is 6.64. The van der Waals surface area contributed by atoms with Gasteiger partial charge in [-0.25, -0.2) is 0 Å². The Bertz CT molecular complexity index is 1100. The number of carbonyl (C=O) groups excluding carboxylic acids is 2. The number of anilines is 1. The number of benzene rings is 2. The van der Waals surface area contributed by atoms with E-state index >= 15 is 0 Å². The number of carbonyl (C=O) groups is 2. The summed E-state index contributed by atoms with van der Waals surface area (Å²) in [4.78, 5) is 29.7. The van der Waals surface area contributed by atoms with Crippen molar-refractivity contribution >= 4 is 51.9 Å². The largest absolute Gasteiger partial charge is 0.465 e. The van der Waals surface area contributed by atoms with Gasteiger partial charge >= 0.3 is 0 Å². The molecule has 4 rings (SSSR count). The van der Waals surface area contributed by atoms with Crippen molar-refractivity contribution in [1.82, 2.24) is 4.90 Å². The maximum Gasteiger partial charge on any atom is 0.266 e. The smallest absolute Gasteiger partial charge is 0.266 e. The Morgan fingerprint density at radius 2 is 1.74 bits per heavy atom. The molecule has 0 saturated carbocycles. The minimum atomic E-state index is -0.200. The molecule has 156 valence electrons. The van der Waals surface area contributed by atoms with E-state index in [0.29, 0.717) is 21.5 Å². The molecule has 0 spiro atoms. The summed E-state index contributed by atoms with van der Waals surface area (Å²) in [6.45, 7) is 0.692. The zero-order chi connectivity index (χ0) is 21.6. The van der Waals surface area contributed by atoms with Crippen molar-refractivity contribution < 1.29 is 14.0 Å². The van der Waals surface area contributed by atoms with E-state index in [1.807, 2.05) is 60.7 Å². The molecular formula is C24H20N2O3S2. The number of thioether (sulfide) groups is 1. The molecule has 31 heavy (non-hydrogen) atoms. The van der Waals surface area contributed by atoms with Crippen LogP contribution in [-0.4, -0.2) is 27.6 Å². The number of furan rings is 1. The lowest BCUT2D eigenvalue weighted by Gasteiger charge is -2.24. The summed E-state index contributed by atoms with van der Waals surface area (Å²) in [6.07, 6.45) is 3.39. The second-order valence-corrected chi connectivity index (χ2v) is 8.58. The highest BCUT2D eigenvalue weighted by molar-refractivity contribution is 8.26. The van der Waals surface area contributed by atoms with E-state index in [2.05, 4.69) is 0 Å². The lowest BCUT2D eigenvalue weighted by molar-refractivity contribution is -0.123. The second-order valence-electron chi connectivity index (χ2n) is 6.90. The minimum absolute atomic E-state index is 0.0703. The standard InChI is InChI=1S/C24H20N2O3S2/c27-22(26(19-10-5-2-6-11-19)17-18-8-3-1-4-9-18)13-14-25-23(28)21(31-24(25)30)16-20-12-7-15-29-20/h1-12,15-16H,13-14,17H2. The number of amides is 2. The molecule has 5 nitrogen and oxygen atoms in total. The fourth-order valence-electron chi connectivity index (χ4n) is 3.24. The van der Waals surface area contributed by atoms with Crippen molar-refractivity contribution in [3.63, 3.8) is 0 Å². The molecule has 3 aromatic rings. The lowest BCUT2D eigenvalue weighted by atomic mass is 10.2. The number of hydrogen-bond acceptors (Lipinski definition) is 5. The van der Waals surface area contributed by atoms with Crippen molar-refractivity contribution in [1.29, 1.82) is 0 Å². The summed E-state index contributed by atoms with van der Waals surface area (Å²) < 4.78 is 5.73. The molecule has 2 amide bonds. The van der Waals surface area contributed by atoms with Crippen LogP contribution in [0.5, 0.6) is 0 Å². The molecule has 1 saturated heterocycles. The Morgan fingerprint density at radius 1 is 1.03 bits per heavy atom. The van der Waals surface area contributed by atoms with Gasteiger partial charge in [-0.3, -0.25) is 14.5 Å². The number of rotatable bonds is 7. The van der Waals surface area contributed by atoms with Crippen molar-refractivity contribution in [3.8, 4) is 0 Å².